The normalized spacial score (nSPS) is 17.4. The fourth-order valence-electron chi connectivity index (χ4n) is 5.20. The molecule has 1 spiro atoms. The maximum atomic E-state index is 13.4. The van der Waals surface area contributed by atoms with Crippen LogP contribution in [0.4, 0.5) is 5.69 Å². The Kier molecular flexibility index (Phi) is 4.97. The van der Waals surface area contributed by atoms with E-state index in [-0.39, 0.29) is 17.4 Å². The monoisotopic (exact) mass is 415 g/mol. The number of rotatable bonds is 4. The second-order valence-corrected chi connectivity index (χ2v) is 8.55. The Morgan fingerprint density at radius 1 is 1.10 bits per heavy atom. The third-order valence-electron chi connectivity index (χ3n) is 6.91. The molecule has 3 heterocycles. The van der Waals surface area contributed by atoms with Crippen molar-refractivity contribution in [1.29, 1.82) is 0 Å². The van der Waals surface area contributed by atoms with E-state index in [1.807, 2.05) is 24.3 Å². The molecule has 5 rings (SSSR count). The molecule has 0 radical (unpaired) electrons. The molecule has 1 N–H and O–H groups in total. The van der Waals surface area contributed by atoms with Crippen LogP contribution in [-0.4, -0.2) is 35.6 Å². The quantitative estimate of drug-likeness (QED) is 0.658. The van der Waals surface area contributed by atoms with Crippen LogP contribution in [0.15, 0.2) is 66.9 Å². The van der Waals surface area contributed by atoms with Crippen LogP contribution in [0.1, 0.15) is 43.4 Å². The smallest absolute Gasteiger partial charge is 0.230 e. The number of carbonyl (C=O) groups is 1. The lowest BCUT2D eigenvalue weighted by Gasteiger charge is -2.46. The van der Waals surface area contributed by atoms with Crippen LogP contribution in [0.3, 0.4) is 0 Å². The number of aromatic nitrogens is 1. The van der Waals surface area contributed by atoms with Gasteiger partial charge in [-0.3, -0.25) is 4.79 Å². The molecule has 0 unspecified atom stereocenters. The molecule has 0 saturated carbocycles. The minimum atomic E-state index is -0.173. The van der Waals surface area contributed by atoms with Crippen LogP contribution in [0, 0.1) is 0 Å². The summed E-state index contributed by atoms with van der Waals surface area (Å²) in [5.41, 5.74) is 4.43. The highest BCUT2D eigenvalue weighted by Crippen LogP contribution is 2.44. The zero-order valence-electron chi connectivity index (χ0n) is 18.2. The molecule has 31 heavy (non-hydrogen) atoms. The molecule has 1 atom stereocenters. The maximum absolute atomic E-state index is 13.4. The van der Waals surface area contributed by atoms with Crippen molar-refractivity contribution in [3.63, 3.8) is 0 Å². The number of ether oxygens (including phenoxy) is 1. The summed E-state index contributed by atoms with van der Waals surface area (Å²) >= 11 is 0. The highest BCUT2D eigenvalue weighted by molar-refractivity contribution is 5.84. The van der Waals surface area contributed by atoms with Crippen LogP contribution in [0.25, 0.3) is 5.69 Å². The predicted molar refractivity (Wildman–Crippen MR) is 123 cm³/mol. The van der Waals surface area contributed by atoms with Crippen LogP contribution < -0.4 is 10.1 Å². The fraction of sp³-hybridized carbons (Fsp3) is 0.346. The molecule has 1 saturated heterocycles. The standard InChI is InChI=1S/C26H29N3O2/c1-3-21(19-8-5-4-6-9-19)25(30)28-16-13-26(14-17-28)24-10-7-15-29(24)23-12-11-20(31-2)18-22(23)27-26/h4-12,15,18,21,27H,3,13-14,16-17H2,1-2H3/t21-/m0/s1. The summed E-state index contributed by atoms with van der Waals surface area (Å²) in [6.07, 6.45) is 4.71. The molecule has 2 aromatic carbocycles. The first-order valence-electron chi connectivity index (χ1n) is 11.1. The lowest BCUT2D eigenvalue weighted by atomic mass is 9.81. The van der Waals surface area contributed by atoms with Crippen molar-refractivity contribution in [3.8, 4) is 11.4 Å². The average molecular weight is 416 g/mol. The molecule has 1 fully saturated rings. The Hall–Kier alpha value is -3.21. The van der Waals surface area contributed by atoms with Gasteiger partial charge in [0.15, 0.2) is 0 Å². The topological polar surface area (TPSA) is 46.5 Å². The summed E-state index contributed by atoms with van der Waals surface area (Å²) in [5, 5.41) is 3.82. The van der Waals surface area contributed by atoms with E-state index in [1.54, 1.807) is 7.11 Å². The Morgan fingerprint density at radius 3 is 2.58 bits per heavy atom. The predicted octanol–water partition coefficient (Wildman–Crippen LogP) is 4.92. The van der Waals surface area contributed by atoms with Crippen molar-refractivity contribution in [1.82, 2.24) is 9.47 Å². The van der Waals surface area contributed by atoms with Crippen molar-refractivity contribution >= 4 is 11.6 Å². The van der Waals surface area contributed by atoms with E-state index in [4.69, 9.17) is 4.74 Å². The zero-order chi connectivity index (χ0) is 21.4. The number of fused-ring (bicyclic) bond motifs is 4. The first kappa shape index (κ1) is 19.7. The van der Waals surface area contributed by atoms with Gasteiger partial charge < -0.3 is 19.5 Å². The molecule has 0 bridgehead atoms. The minimum absolute atomic E-state index is 0.0663. The Balaban J connectivity index is 1.39. The van der Waals surface area contributed by atoms with Crippen LogP contribution in [-0.2, 0) is 10.3 Å². The van der Waals surface area contributed by atoms with Gasteiger partial charge in [-0.1, -0.05) is 37.3 Å². The molecule has 2 aliphatic rings. The van der Waals surface area contributed by atoms with Gasteiger partial charge in [0.25, 0.3) is 0 Å². The van der Waals surface area contributed by atoms with Gasteiger partial charge in [0.05, 0.1) is 29.9 Å². The Labute approximate surface area is 183 Å². The molecule has 5 heteroatoms. The van der Waals surface area contributed by atoms with Crippen molar-refractivity contribution in [2.75, 3.05) is 25.5 Å². The summed E-state index contributed by atoms with van der Waals surface area (Å²) in [5.74, 6) is 1.03. The van der Waals surface area contributed by atoms with Crippen molar-refractivity contribution in [3.05, 3.63) is 78.1 Å². The molecule has 160 valence electrons. The highest BCUT2D eigenvalue weighted by Gasteiger charge is 2.43. The summed E-state index contributed by atoms with van der Waals surface area (Å²) in [6, 6.07) is 20.6. The number of anilines is 1. The summed E-state index contributed by atoms with van der Waals surface area (Å²) in [7, 11) is 1.70. The molecule has 5 nitrogen and oxygen atoms in total. The van der Waals surface area contributed by atoms with Crippen molar-refractivity contribution in [2.45, 2.75) is 37.6 Å². The van der Waals surface area contributed by atoms with E-state index in [1.165, 1.54) is 5.69 Å². The van der Waals surface area contributed by atoms with Gasteiger partial charge in [0.2, 0.25) is 5.91 Å². The SMILES string of the molecule is CC[C@H](C(=O)N1CCC2(CC1)Nc1cc(OC)ccc1-n1cccc12)c1ccccc1. The second-order valence-electron chi connectivity index (χ2n) is 8.55. The number of carbonyl (C=O) groups excluding carboxylic acids is 1. The average Bonchev–Trinajstić information content (AvgIpc) is 3.32. The fourth-order valence-corrected chi connectivity index (χ4v) is 5.20. The van der Waals surface area contributed by atoms with Gasteiger partial charge in [0, 0.05) is 31.0 Å². The summed E-state index contributed by atoms with van der Waals surface area (Å²) in [4.78, 5) is 15.4. The number of amides is 1. The molecule has 1 amide bonds. The van der Waals surface area contributed by atoms with Gasteiger partial charge in [-0.25, -0.2) is 0 Å². The number of nitrogens with one attached hydrogen (secondary N) is 1. The minimum Gasteiger partial charge on any atom is -0.497 e. The second kappa shape index (κ2) is 7.80. The van der Waals surface area contributed by atoms with Crippen LogP contribution in [0.2, 0.25) is 0 Å². The Bertz CT molecular complexity index is 1080. The van der Waals surface area contributed by atoms with E-state index in [0.29, 0.717) is 0 Å². The molecular formula is C26H29N3O2. The van der Waals surface area contributed by atoms with Gasteiger partial charge in [-0.15, -0.1) is 0 Å². The number of piperidine rings is 1. The molecule has 1 aromatic heterocycles. The van der Waals surface area contributed by atoms with Crippen molar-refractivity contribution in [2.24, 2.45) is 0 Å². The van der Waals surface area contributed by atoms with Gasteiger partial charge >= 0.3 is 0 Å². The van der Waals surface area contributed by atoms with Crippen LogP contribution >= 0.6 is 0 Å². The van der Waals surface area contributed by atoms with E-state index in [2.05, 4.69) is 64.3 Å². The van der Waals surface area contributed by atoms with E-state index in [0.717, 1.165) is 55.0 Å². The zero-order valence-corrected chi connectivity index (χ0v) is 18.2. The third-order valence-corrected chi connectivity index (χ3v) is 6.91. The maximum Gasteiger partial charge on any atom is 0.230 e. The van der Waals surface area contributed by atoms with Gasteiger partial charge in [-0.2, -0.15) is 0 Å². The summed E-state index contributed by atoms with van der Waals surface area (Å²) in [6.45, 7) is 3.60. The molecule has 3 aromatic rings. The van der Waals surface area contributed by atoms with Gasteiger partial charge in [0.1, 0.15) is 5.75 Å². The van der Waals surface area contributed by atoms with E-state index < -0.39 is 0 Å². The molecule has 2 aliphatic heterocycles. The third kappa shape index (κ3) is 3.29. The number of methoxy groups -OCH3 is 1. The lowest BCUT2D eigenvalue weighted by molar-refractivity contribution is -0.134. The number of benzene rings is 2. The van der Waals surface area contributed by atoms with Crippen molar-refractivity contribution < 1.29 is 9.53 Å². The molecular weight excluding hydrogens is 386 g/mol. The van der Waals surface area contributed by atoms with E-state index >= 15 is 0 Å². The van der Waals surface area contributed by atoms with E-state index in [9.17, 15) is 4.79 Å². The number of nitrogens with zero attached hydrogens (tertiary/aromatic N) is 2. The van der Waals surface area contributed by atoms with Crippen LogP contribution in [0.5, 0.6) is 5.75 Å². The molecule has 0 aliphatic carbocycles. The lowest BCUT2D eigenvalue weighted by Crippen LogP contribution is -2.51. The highest BCUT2D eigenvalue weighted by atomic mass is 16.5. The summed E-state index contributed by atoms with van der Waals surface area (Å²) < 4.78 is 7.73. The number of hydrogen-bond acceptors (Lipinski definition) is 3. The first-order valence-corrected chi connectivity index (χ1v) is 11.1. The number of likely N-dealkylation sites (tertiary alicyclic amines) is 1. The first-order chi connectivity index (χ1) is 15.1. The van der Waals surface area contributed by atoms with Gasteiger partial charge in [-0.05, 0) is 49.1 Å². The number of hydrogen-bond donors (Lipinski definition) is 1. The largest absolute Gasteiger partial charge is 0.497 e. The Morgan fingerprint density at radius 2 is 1.87 bits per heavy atom.